The molecule has 0 radical (unpaired) electrons. The minimum atomic E-state index is -0.0175. The summed E-state index contributed by atoms with van der Waals surface area (Å²) < 4.78 is 1.92. The van der Waals surface area contributed by atoms with Gasteiger partial charge in [0.2, 0.25) is 0 Å². The van der Waals surface area contributed by atoms with E-state index in [1.165, 1.54) is 25.7 Å². The molecule has 1 aliphatic rings. The highest BCUT2D eigenvalue weighted by molar-refractivity contribution is 5.77. The van der Waals surface area contributed by atoms with Crippen molar-refractivity contribution in [3.05, 3.63) is 64.4 Å². The van der Waals surface area contributed by atoms with E-state index in [2.05, 4.69) is 18.7 Å². The molecule has 1 aromatic heterocycles. The van der Waals surface area contributed by atoms with Gasteiger partial charge in [-0.2, -0.15) is 0 Å². The molecule has 0 aliphatic carbocycles. The van der Waals surface area contributed by atoms with Gasteiger partial charge in [-0.3, -0.25) is 9.69 Å². The van der Waals surface area contributed by atoms with E-state index in [1.807, 2.05) is 53.1 Å². The summed E-state index contributed by atoms with van der Waals surface area (Å²) >= 11 is 0. The third-order valence-electron chi connectivity index (χ3n) is 6.96. The molecule has 170 valence electrons. The van der Waals surface area contributed by atoms with Crippen LogP contribution in [0.1, 0.15) is 57.9 Å². The molecule has 1 aliphatic heterocycles. The smallest absolute Gasteiger partial charge is 0.277 e. The molecule has 0 unspecified atom stereocenters. The topological polar surface area (TPSA) is 64.2 Å². The van der Waals surface area contributed by atoms with Gasteiger partial charge >= 0.3 is 0 Å². The van der Waals surface area contributed by atoms with Crippen molar-refractivity contribution < 1.29 is 0 Å². The fourth-order valence-electron chi connectivity index (χ4n) is 5.10. The van der Waals surface area contributed by atoms with E-state index < -0.39 is 0 Å². The molecule has 0 saturated carbocycles. The molecule has 1 fully saturated rings. The monoisotopic (exact) mass is 432 g/mol. The van der Waals surface area contributed by atoms with Crippen molar-refractivity contribution in [1.29, 1.82) is 0 Å². The summed E-state index contributed by atoms with van der Waals surface area (Å²) in [6.07, 6.45) is 7.28. The highest BCUT2D eigenvalue weighted by atomic mass is 16.1. The number of para-hydroxylation sites is 2. The summed E-state index contributed by atoms with van der Waals surface area (Å²) in [4.78, 5) is 20.8. The molecule has 4 rings (SSSR count). The summed E-state index contributed by atoms with van der Waals surface area (Å²) in [5, 5.41) is 0. The van der Waals surface area contributed by atoms with Crippen LogP contribution in [0.2, 0.25) is 0 Å². The quantitative estimate of drug-likeness (QED) is 0.511. The Bertz CT molecular complexity index is 1100. The predicted molar refractivity (Wildman–Crippen MR) is 133 cm³/mol. The third-order valence-corrected chi connectivity index (χ3v) is 6.96. The normalized spacial score (nSPS) is 19.5. The summed E-state index contributed by atoms with van der Waals surface area (Å²) in [5.41, 5.74) is 9.92. The van der Waals surface area contributed by atoms with Crippen LogP contribution in [0.5, 0.6) is 0 Å². The number of hydrogen-bond acceptors (Lipinski definition) is 4. The summed E-state index contributed by atoms with van der Waals surface area (Å²) in [6.45, 7) is 7.05. The number of piperidine rings is 1. The zero-order valence-corrected chi connectivity index (χ0v) is 19.5. The van der Waals surface area contributed by atoms with E-state index >= 15 is 0 Å². The molecule has 0 amide bonds. The third kappa shape index (κ3) is 4.94. The standard InChI is InChI=1S/C27H36N4O/c1-20-10-8-11-21(2)30(20)16-6-3-7-17-31-25-15-5-4-14-24(25)29-26(27(31)32)23-13-9-12-22(18-23)19-28/h4-5,9,12-15,18,20-21H,3,6-8,10-11,16-17,19,28H2,1-2H3/t20-,21+. The maximum absolute atomic E-state index is 13.4. The zero-order chi connectivity index (χ0) is 22.5. The van der Waals surface area contributed by atoms with Crippen molar-refractivity contribution in [1.82, 2.24) is 14.5 Å². The highest BCUT2D eigenvalue weighted by Crippen LogP contribution is 2.23. The number of aryl methyl sites for hydroxylation is 1. The molecule has 32 heavy (non-hydrogen) atoms. The Morgan fingerprint density at radius 1 is 0.969 bits per heavy atom. The van der Waals surface area contributed by atoms with Gasteiger partial charge in [0.15, 0.2) is 0 Å². The maximum atomic E-state index is 13.4. The number of hydrogen-bond donors (Lipinski definition) is 1. The number of rotatable bonds is 8. The van der Waals surface area contributed by atoms with Crippen LogP contribution >= 0.6 is 0 Å². The van der Waals surface area contributed by atoms with Gasteiger partial charge in [0, 0.05) is 30.7 Å². The lowest BCUT2D eigenvalue weighted by Crippen LogP contribution is -2.44. The first-order chi connectivity index (χ1) is 15.6. The van der Waals surface area contributed by atoms with E-state index in [0.717, 1.165) is 48.1 Å². The molecule has 2 aromatic carbocycles. The molecule has 0 spiro atoms. The molecule has 5 nitrogen and oxygen atoms in total. The largest absolute Gasteiger partial charge is 0.326 e. The van der Waals surface area contributed by atoms with Crippen LogP contribution in [0.4, 0.5) is 0 Å². The fourth-order valence-corrected chi connectivity index (χ4v) is 5.10. The summed E-state index contributed by atoms with van der Waals surface area (Å²) in [7, 11) is 0. The molecular formula is C27H36N4O. The second-order valence-electron chi connectivity index (χ2n) is 9.24. The second-order valence-corrected chi connectivity index (χ2v) is 9.24. The van der Waals surface area contributed by atoms with Gasteiger partial charge in [-0.25, -0.2) is 4.98 Å². The molecule has 2 N–H and O–H groups in total. The first-order valence-corrected chi connectivity index (χ1v) is 12.1. The number of nitrogens with zero attached hydrogens (tertiary/aromatic N) is 3. The Kier molecular flexibility index (Phi) is 7.38. The first-order valence-electron chi connectivity index (χ1n) is 12.1. The summed E-state index contributed by atoms with van der Waals surface area (Å²) in [6, 6.07) is 17.2. The number of likely N-dealkylation sites (tertiary alicyclic amines) is 1. The molecular weight excluding hydrogens is 396 g/mol. The minimum Gasteiger partial charge on any atom is -0.326 e. The van der Waals surface area contributed by atoms with Gasteiger partial charge < -0.3 is 10.3 Å². The van der Waals surface area contributed by atoms with Crippen molar-refractivity contribution in [3.63, 3.8) is 0 Å². The predicted octanol–water partition coefficient (Wildman–Crippen LogP) is 4.96. The van der Waals surface area contributed by atoms with Crippen LogP contribution < -0.4 is 11.3 Å². The lowest BCUT2D eigenvalue weighted by atomic mass is 9.97. The van der Waals surface area contributed by atoms with Crippen LogP contribution in [-0.4, -0.2) is 33.1 Å². The van der Waals surface area contributed by atoms with Crippen LogP contribution in [0.25, 0.3) is 22.3 Å². The number of fused-ring (bicyclic) bond motifs is 1. The fraction of sp³-hybridized carbons (Fsp3) is 0.481. The zero-order valence-electron chi connectivity index (χ0n) is 19.5. The molecule has 1 saturated heterocycles. The van der Waals surface area contributed by atoms with E-state index in [-0.39, 0.29) is 5.56 Å². The molecule has 5 heteroatoms. The lowest BCUT2D eigenvalue weighted by molar-refractivity contribution is 0.101. The maximum Gasteiger partial charge on any atom is 0.277 e. The van der Waals surface area contributed by atoms with Crippen LogP contribution in [0.15, 0.2) is 53.3 Å². The number of unbranched alkanes of at least 4 members (excludes halogenated alkanes) is 2. The van der Waals surface area contributed by atoms with E-state index in [0.29, 0.717) is 24.3 Å². The molecule has 3 aromatic rings. The number of benzene rings is 2. The Hall–Kier alpha value is -2.50. The van der Waals surface area contributed by atoms with Crippen molar-refractivity contribution in [2.24, 2.45) is 5.73 Å². The van der Waals surface area contributed by atoms with Crippen molar-refractivity contribution in [2.45, 2.75) is 77.5 Å². The SMILES string of the molecule is C[C@@H]1CCC[C@H](C)N1CCCCCn1c(=O)c(-c2cccc(CN)c2)nc2ccccc21. The van der Waals surface area contributed by atoms with Gasteiger partial charge in [-0.15, -0.1) is 0 Å². The Morgan fingerprint density at radius 2 is 1.72 bits per heavy atom. The van der Waals surface area contributed by atoms with Crippen LogP contribution in [0, 0.1) is 0 Å². The second kappa shape index (κ2) is 10.4. The minimum absolute atomic E-state index is 0.0175. The molecule has 0 bridgehead atoms. The van der Waals surface area contributed by atoms with Crippen LogP contribution in [0.3, 0.4) is 0 Å². The number of nitrogens with two attached hydrogens (primary N) is 1. The molecule has 2 atom stereocenters. The average molecular weight is 433 g/mol. The molecule has 2 heterocycles. The Labute approximate surface area is 191 Å². The van der Waals surface area contributed by atoms with Crippen molar-refractivity contribution in [3.8, 4) is 11.3 Å². The van der Waals surface area contributed by atoms with Gasteiger partial charge in [0.1, 0.15) is 5.69 Å². The van der Waals surface area contributed by atoms with Crippen LogP contribution in [-0.2, 0) is 13.1 Å². The van der Waals surface area contributed by atoms with E-state index in [9.17, 15) is 4.79 Å². The van der Waals surface area contributed by atoms with Crippen molar-refractivity contribution in [2.75, 3.05) is 6.54 Å². The van der Waals surface area contributed by atoms with Gasteiger partial charge in [0.05, 0.1) is 11.0 Å². The first kappa shape index (κ1) is 22.7. The van der Waals surface area contributed by atoms with Crippen molar-refractivity contribution >= 4 is 11.0 Å². The van der Waals surface area contributed by atoms with Gasteiger partial charge in [-0.1, -0.05) is 43.2 Å². The van der Waals surface area contributed by atoms with Gasteiger partial charge in [-0.05, 0) is 69.8 Å². The van der Waals surface area contributed by atoms with E-state index in [4.69, 9.17) is 10.7 Å². The Balaban J connectivity index is 1.50. The number of aromatic nitrogens is 2. The highest BCUT2D eigenvalue weighted by Gasteiger charge is 2.23. The average Bonchev–Trinajstić information content (AvgIpc) is 2.81. The lowest BCUT2D eigenvalue weighted by Gasteiger charge is -2.39. The Morgan fingerprint density at radius 3 is 2.50 bits per heavy atom. The van der Waals surface area contributed by atoms with E-state index in [1.54, 1.807) is 0 Å². The summed E-state index contributed by atoms with van der Waals surface area (Å²) in [5.74, 6) is 0. The van der Waals surface area contributed by atoms with Gasteiger partial charge in [0.25, 0.3) is 5.56 Å².